The Kier molecular flexibility index (Phi) is 5.37. The number of para-hydroxylation sites is 1. The molecule has 2 amide bonds. The molecule has 0 radical (unpaired) electrons. The molecule has 0 saturated carbocycles. The number of anilines is 2. The third-order valence-electron chi connectivity index (χ3n) is 4.67. The molecule has 136 valence electrons. The molecule has 2 aromatic carbocycles. The standard InChI is InChI=1S/C22H21N3O2/c1-3-4-7-15-10-12-16(13-11-15)24-21(26)18(14-23)20-17-8-5-6-9-19(17)25(2)22(20)27/h5-6,8-13H,3-4,7H2,1-2H3,(H,24,26). The molecule has 5 nitrogen and oxygen atoms in total. The molecular weight excluding hydrogens is 338 g/mol. The second-order valence-corrected chi connectivity index (χ2v) is 6.50. The molecule has 0 atom stereocenters. The van der Waals surface area contributed by atoms with Gasteiger partial charge in [0, 0.05) is 18.3 Å². The quantitative estimate of drug-likeness (QED) is 0.649. The fourth-order valence-electron chi connectivity index (χ4n) is 3.16. The first-order valence-corrected chi connectivity index (χ1v) is 8.99. The van der Waals surface area contributed by atoms with Gasteiger partial charge in [0.25, 0.3) is 11.8 Å². The van der Waals surface area contributed by atoms with Gasteiger partial charge in [-0.2, -0.15) is 5.26 Å². The van der Waals surface area contributed by atoms with Crippen LogP contribution in [0.4, 0.5) is 11.4 Å². The lowest BCUT2D eigenvalue weighted by atomic mass is 10.0. The van der Waals surface area contributed by atoms with E-state index in [1.54, 1.807) is 25.2 Å². The van der Waals surface area contributed by atoms with Crippen molar-refractivity contribution in [3.63, 3.8) is 0 Å². The number of aryl methyl sites for hydroxylation is 1. The second kappa shape index (κ2) is 7.88. The average Bonchev–Trinajstić information content (AvgIpc) is 2.94. The van der Waals surface area contributed by atoms with Crippen LogP contribution in [0, 0.1) is 11.3 Å². The van der Waals surface area contributed by atoms with Crippen LogP contribution in [0.2, 0.25) is 0 Å². The molecule has 1 N–H and O–H groups in total. The summed E-state index contributed by atoms with van der Waals surface area (Å²) >= 11 is 0. The monoisotopic (exact) mass is 359 g/mol. The first kappa shape index (κ1) is 18.4. The summed E-state index contributed by atoms with van der Waals surface area (Å²) < 4.78 is 0. The molecule has 27 heavy (non-hydrogen) atoms. The molecule has 5 heteroatoms. The lowest BCUT2D eigenvalue weighted by Gasteiger charge is -2.09. The van der Waals surface area contributed by atoms with Crippen LogP contribution in [0.15, 0.2) is 54.1 Å². The highest BCUT2D eigenvalue weighted by atomic mass is 16.2. The smallest absolute Gasteiger partial charge is 0.267 e. The third-order valence-corrected chi connectivity index (χ3v) is 4.67. The summed E-state index contributed by atoms with van der Waals surface area (Å²) in [5.41, 5.74) is 3.07. The van der Waals surface area contributed by atoms with Crippen molar-refractivity contribution in [3.8, 4) is 6.07 Å². The van der Waals surface area contributed by atoms with Crippen molar-refractivity contribution >= 4 is 28.8 Å². The van der Waals surface area contributed by atoms with Gasteiger partial charge >= 0.3 is 0 Å². The van der Waals surface area contributed by atoms with Gasteiger partial charge in [0.05, 0.1) is 11.3 Å². The lowest BCUT2D eigenvalue weighted by molar-refractivity contribution is -0.114. The number of unbranched alkanes of at least 4 members (excludes halogenated alkanes) is 1. The highest BCUT2D eigenvalue weighted by molar-refractivity contribution is 6.37. The van der Waals surface area contributed by atoms with E-state index in [9.17, 15) is 14.9 Å². The molecule has 0 fully saturated rings. The fraction of sp³-hybridized carbons (Fsp3) is 0.227. The van der Waals surface area contributed by atoms with E-state index in [2.05, 4.69) is 12.2 Å². The molecule has 1 aliphatic heterocycles. The van der Waals surface area contributed by atoms with Crippen molar-refractivity contribution in [3.05, 3.63) is 65.2 Å². The number of carbonyl (C=O) groups is 2. The maximum absolute atomic E-state index is 12.7. The molecule has 1 heterocycles. The first-order valence-electron chi connectivity index (χ1n) is 8.99. The molecule has 1 aliphatic rings. The van der Waals surface area contributed by atoms with Crippen molar-refractivity contribution in [1.82, 2.24) is 0 Å². The third kappa shape index (κ3) is 3.61. The summed E-state index contributed by atoms with van der Waals surface area (Å²) in [4.78, 5) is 26.7. The largest absolute Gasteiger partial charge is 0.321 e. The minimum atomic E-state index is -0.577. The van der Waals surface area contributed by atoms with E-state index in [4.69, 9.17) is 0 Å². The fourth-order valence-corrected chi connectivity index (χ4v) is 3.16. The summed E-state index contributed by atoms with van der Waals surface area (Å²) in [5.74, 6) is -0.926. The Labute approximate surface area is 158 Å². The normalized spacial score (nSPS) is 14.6. The Morgan fingerprint density at radius 1 is 1.15 bits per heavy atom. The molecule has 0 aromatic heterocycles. The van der Waals surface area contributed by atoms with Crippen molar-refractivity contribution in [2.75, 3.05) is 17.3 Å². The van der Waals surface area contributed by atoms with Crippen LogP contribution >= 0.6 is 0 Å². The van der Waals surface area contributed by atoms with Crippen LogP contribution in [0.25, 0.3) is 5.57 Å². The van der Waals surface area contributed by atoms with Gasteiger partial charge in [-0.3, -0.25) is 9.59 Å². The van der Waals surface area contributed by atoms with Crippen LogP contribution in [-0.4, -0.2) is 18.9 Å². The van der Waals surface area contributed by atoms with Gasteiger partial charge in [0.1, 0.15) is 11.6 Å². The van der Waals surface area contributed by atoms with E-state index < -0.39 is 5.91 Å². The number of hydrogen-bond donors (Lipinski definition) is 1. The molecular formula is C22H21N3O2. The van der Waals surface area contributed by atoms with Crippen molar-refractivity contribution in [2.24, 2.45) is 0 Å². The van der Waals surface area contributed by atoms with Crippen LogP contribution in [0.3, 0.4) is 0 Å². The number of amides is 2. The number of carbonyl (C=O) groups excluding carboxylic acids is 2. The summed E-state index contributed by atoms with van der Waals surface area (Å²) in [7, 11) is 1.64. The zero-order valence-corrected chi connectivity index (χ0v) is 15.5. The van der Waals surface area contributed by atoms with E-state index in [0.29, 0.717) is 16.9 Å². The number of rotatable bonds is 5. The molecule has 0 saturated heterocycles. The number of fused-ring (bicyclic) bond motifs is 1. The highest BCUT2D eigenvalue weighted by Crippen LogP contribution is 2.37. The number of benzene rings is 2. The molecule has 0 spiro atoms. The van der Waals surface area contributed by atoms with Crippen molar-refractivity contribution < 1.29 is 9.59 Å². The van der Waals surface area contributed by atoms with Gasteiger partial charge in [0.2, 0.25) is 0 Å². The van der Waals surface area contributed by atoms with E-state index in [0.717, 1.165) is 19.3 Å². The number of hydrogen-bond acceptors (Lipinski definition) is 3. The Morgan fingerprint density at radius 3 is 2.52 bits per heavy atom. The van der Waals surface area contributed by atoms with E-state index >= 15 is 0 Å². The van der Waals surface area contributed by atoms with Gasteiger partial charge in [-0.15, -0.1) is 0 Å². The second-order valence-electron chi connectivity index (χ2n) is 6.50. The Bertz CT molecular complexity index is 952. The van der Waals surface area contributed by atoms with E-state index in [1.165, 1.54) is 10.5 Å². The first-order chi connectivity index (χ1) is 13.1. The number of nitrogens with one attached hydrogen (secondary N) is 1. The minimum absolute atomic E-state index is 0.146. The zero-order chi connectivity index (χ0) is 19.4. The van der Waals surface area contributed by atoms with Crippen molar-refractivity contribution in [2.45, 2.75) is 26.2 Å². The Morgan fingerprint density at radius 2 is 1.85 bits per heavy atom. The number of nitrogens with zero attached hydrogens (tertiary/aromatic N) is 2. The molecule has 0 bridgehead atoms. The number of nitriles is 1. The van der Waals surface area contributed by atoms with Crippen LogP contribution in [-0.2, 0) is 16.0 Å². The Balaban J connectivity index is 1.88. The summed E-state index contributed by atoms with van der Waals surface area (Å²) in [5, 5.41) is 12.3. The minimum Gasteiger partial charge on any atom is -0.321 e. The topological polar surface area (TPSA) is 73.2 Å². The summed E-state index contributed by atoms with van der Waals surface area (Å²) in [6.07, 6.45) is 3.24. The lowest BCUT2D eigenvalue weighted by Crippen LogP contribution is -2.23. The molecule has 2 aromatic rings. The van der Waals surface area contributed by atoms with Crippen LogP contribution in [0.1, 0.15) is 30.9 Å². The maximum atomic E-state index is 12.7. The van der Waals surface area contributed by atoms with Gasteiger partial charge in [0.15, 0.2) is 0 Å². The van der Waals surface area contributed by atoms with Gasteiger partial charge in [-0.25, -0.2) is 0 Å². The Hall–Kier alpha value is -3.39. The molecule has 3 rings (SSSR count). The predicted octanol–water partition coefficient (Wildman–Crippen LogP) is 3.92. The van der Waals surface area contributed by atoms with Gasteiger partial charge < -0.3 is 10.2 Å². The highest BCUT2D eigenvalue weighted by Gasteiger charge is 2.34. The number of likely N-dealkylation sites (N-methyl/N-ethyl adjacent to an activating group) is 1. The maximum Gasteiger partial charge on any atom is 0.267 e. The summed E-state index contributed by atoms with van der Waals surface area (Å²) in [6, 6.07) is 16.6. The predicted molar refractivity (Wildman–Crippen MR) is 106 cm³/mol. The van der Waals surface area contributed by atoms with Crippen LogP contribution < -0.4 is 10.2 Å². The van der Waals surface area contributed by atoms with Gasteiger partial charge in [-0.1, -0.05) is 43.7 Å². The SMILES string of the molecule is CCCCc1ccc(NC(=O)C(C#N)=C2C(=O)N(C)c3ccccc32)cc1. The van der Waals surface area contributed by atoms with Crippen molar-refractivity contribution in [1.29, 1.82) is 5.26 Å². The molecule has 0 unspecified atom stereocenters. The zero-order valence-electron chi connectivity index (χ0n) is 15.5. The average molecular weight is 359 g/mol. The van der Waals surface area contributed by atoms with E-state index in [1.807, 2.05) is 36.4 Å². The van der Waals surface area contributed by atoms with E-state index in [-0.39, 0.29) is 17.1 Å². The summed E-state index contributed by atoms with van der Waals surface area (Å²) in [6.45, 7) is 2.14. The molecule has 0 aliphatic carbocycles. The van der Waals surface area contributed by atoms with Gasteiger partial charge in [-0.05, 0) is 36.6 Å². The van der Waals surface area contributed by atoms with Crippen LogP contribution in [0.5, 0.6) is 0 Å².